The molecule has 2 N–H and O–H groups in total. The minimum atomic E-state index is -1.07. The van der Waals surface area contributed by atoms with Crippen molar-refractivity contribution in [3.63, 3.8) is 0 Å². The zero-order valence-corrected chi connectivity index (χ0v) is 10.7. The number of hydrogen-bond acceptors (Lipinski definition) is 3. The lowest BCUT2D eigenvalue weighted by atomic mass is 9.98. The van der Waals surface area contributed by atoms with Gasteiger partial charge >= 0.3 is 11.9 Å². The third kappa shape index (κ3) is 2.61. The highest BCUT2D eigenvalue weighted by molar-refractivity contribution is 5.97. The van der Waals surface area contributed by atoms with Gasteiger partial charge in [0.15, 0.2) is 0 Å². The Hall–Kier alpha value is -2.82. The standard InChI is InChI=1S/C15H12O5/c1-20-11-6-7-12(13(8-11)15(18)19)9-2-4-10(5-3-9)14(16)17/h2-8H,1H3,(H,16,17)(H,18,19). The SMILES string of the molecule is COc1ccc(-c2ccc(C(=O)O)cc2)c(C(=O)O)c1. The first-order valence-electron chi connectivity index (χ1n) is 5.78. The highest BCUT2D eigenvalue weighted by atomic mass is 16.5. The van der Waals surface area contributed by atoms with Crippen LogP contribution < -0.4 is 4.74 Å². The maximum atomic E-state index is 11.3. The summed E-state index contributed by atoms with van der Waals surface area (Å²) in [5.74, 6) is -1.64. The number of rotatable bonds is 4. The molecule has 0 aromatic heterocycles. The first kappa shape index (κ1) is 13.6. The first-order chi connectivity index (χ1) is 9.52. The summed E-state index contributed by atoms with van der Waals surface area (Å²) in [6.45, 7) is 0. The van der Waals surface area contributed by atoms with E-state index in [9.17, 15) is 14.7 Å². The molecule has 0 amide bonds. The van der Waals surface area contributed by atoms with Crippen molar-refractivity contribution in [1.29, 1.82) is 0 Å². The molecule has 0 unspecified atom stereocenters. The van der Waals surface area contributed by atoms with E-state index in [0.29, 0.717) is 16.9 Å². The van der Waals surface area contributed by atoms with Gasteiger partial charge in [0.2, 0.25) is 0 Å². The Morgan fingerprint density at radius 3 is 2.10 bits per heavy atom. The number of carboxylic acids is 2. The van der Waals surface area contributed by atoms with Gasteiger partial charge in [0, 0.05) is 0 Å². The van der Waals surface area contributed by atoms with E-state index in [1.807, 2.05) is 0 Å². The van der Waals surface area contributed by atoms with Gasteiger partial charge in [-0.2, -0.15) is 0 Å². The van der Waals surface area contributed by atoms with Crippen LogP contribution in [0.15, 0.2) is 42.5 Å². The predicted octanol–water partition coefficient (Wildman–Crippen LogP) is 2.76. The summed E-state index contributed by atoms with van der Waals surface area (Å²) in [7, 11) is 1.46. The maximum Gasteiger partial charge on any atom is 0.336 e. The Morgan fingerprint density at radius 1 is 0.950 bits per heavy atom. The topological polar surface area (TPSA) is 83.8 Å². The van der Waals surface area contributed by atoms with Crippen LogP contribution in [0.2, 0.25) is 0 Å². The van der Waals surface area contributed by atoms with Gasteiger partial charge < -0.3 is 14.9 Å². The van der Waals surface area contributed by atoms with E-state index in [1.54, 1.807) is 24.3 Å². The van der Waals surface area contributed by atoms with Crippen LogP contribution in [0.25, 0.3) is 11.1 Å². The molecule has 2 aromatic rings. The quantitative estimate of drug-likeness (QED) is 0.894. The average molecular weight is 272 g/mol. The molecule has 0 aliphatic carbocycles. The molecule has 20 heavy (non-hydrogen) atoms. The summed E-state index contributed by atoms with van der Waals surface area (Å²) in [6.07, 6.45) is 0. The van der Waals surface area contributed by atoms with Crippen LogP contribution >= 0.6 is 0 Å². The summed E-state index contributed by atoms with van der Waals surface area (Å²) >= 11 is 0. The van der Waals surface area contributed by atoms with Gasteiger partial charge in [-0.1, -0.05) is 12.1 Å². The molecule has 5 nitrogen and oxygen atoms in total. The predicted molar refractivity (Wildman–Crippen MR) is 72.3 cm³/mol. The zero-order valence-electron chi connectivity index (χ0n) is 10.7. The summed E-state index contributed by atoms with van der Waals surface area (Å²) < 4.78 is 5.01. The van der Waals surface area contributed by atoms with Crippen molar-refractivity contribution < 1.29 is 24.5 Å². The van der Waals surface area contributed by atoms with Crippen molar-refractivity contribution in [1.82, 2.24) is 0 Å². The van der Waals surface area contributed by atoms with Gasteiger partial charge in [-0.15, -0.1) is 0 Å². The molecule has 0 aliphatic rings. The van der Waals surface area contributed by atoms with Gasteiger partial charge in [0.25, 0.3) is 0 Å². The Balaban J connectivity index is 2.51. The molecule has 0 fully saturated rings. The minimum absolute atomic E-state index is 0.104. The van der Waals surface area contributed by atoms with E-state index in [0.717, 1.165) is 0 Å². The normalized spacial score (nSPS) is 10.1. The third-order valence-corrected chi connectivity index (χ3v) is 2.90. The molecule has 0 radical (unpaired) electrons. The van der Waals surface area contributed by atoms with E-state index in [1.165, 1.54) is 25.3 Å². The molecule has 0 saturated carbocycles. The van der Waals surface area contributed by atoms with Crippen molar-refractivity contribution >= 4 is 11.9 Å². The van der Waals surface area contributed by atoms with Gasteiger partial charge in [0.1, 0.15) is 5.75 Å². The lowest BCUT2D eigenvalue weighted by Crippen LogP contribution is -2.01. The second-order valence-corrected chi connectivity index (χ2v) is 4.10. The number of benzene rings is 2. The summed E-state index contributed by atoms with van der Waals surface area (Å²) in [5, 5.41) is 18.1. The smallest absolute Gasteiger partial charge is 0.336 e. The number of ether oxygens (including phenoxy) is 1. The molecule has 102 valence electrons. The largest absolute Gasteiger partial charge is 0.497 e. The fourth-order valence-electron chi connectivity index (χ4n) is 1.87. The fourth-order valence-corrected chi connectivity index (χ4v) is 1.87. The monoisotopic (exact) mass is 272 g/mol. The van der Waals surface area contributed by atoms with Crippen molar-refractivity contribution in [2.24, 2.45) is 0 Å². The van der Waals surface area contributed by atoms with Gasteiger partial charge in [-0.3, -0.25) is 0 Å². The zero-order chi connectivity index (χ0) is 14.7. The van der Waals surface area contributed by atoms with Crippen LogP contribution in [0.4, 0.5) is 0 Å². The van der Waals surface area contributed by atoms with Gasteiger partial charge in [-0.05, 0) is 41.5 Å². The van der Waals surface area contributed by atoms with Crippen LogP contribution in [-0.4, -0.2) is 29.3 Å². The van der Waals surface area contributed by atoms with Crippen LogP contribution in [0.5, 0.6) is 5.75 Å². The lowest BCUT2D eigenvalue weighted by molar-refractivity contribution is 0.0686. The highest BCUT2D eigenvalue weighted by Crippen LogP contribution is 2.27. The minimum Gasteiger partial charge on any atom is -0.497 e. The van der Waals surface area contributed by atoms with Crippen molar-refractivity contribution in [3.8, 4) is 16.9 Å². The van der Waals surface area contributed by atoms with E-state index in [2.05, 4.69) is 0 Å². The van der Waals surface area contributed by atoms with Crippen LogP contribution in [0.3, 0.4) is 0 Å². The highest BCUT2D eigenvalue weighted by Gasteiger charge is 2.13. The van der Waals surface area contributed by atoms with Crippen molar-refractivity contribution in [2.75, 3.05) is 7.11 Å². The van der Waals surface area contributed by atoms with E-state index in [-0.39, 0.29) is 11.1 Å². The molecule has 0 heterocycles. The van der Waals surface area contributed by atoms with Crippen molar-refractivity contribution in [3.05, 3.63) is 53.6 Å². The lowest BCUT2D eigenvalue weighted by Gasteiger charge is -2.09. The number of carboxylic acid groups (broad SMARTS) is 2. The Morgan fingerprint density at radius 2 is 1.60 bits per heavy atom. The maximum absolute atomic E-state index is 11.3. The number of carbonyl (C=O) groups is 2. The van der Waals surface area contributed by atoms with E-state index >= 15 is 0 Å². The van der Waals surface area contributed by atoms with E-state index < -0.39 is 11.9 Å². The third-order valence-electron chi connectivity index (χ3n) is 2.90. The molecule has 0 aliphatic heterocycles. The molecule has 2 aromatic carbocycles. The summed E-state index contributed by atoms with van der Waals surface area (Å²) in [4.78, 5) is 22.1. The molecular formula is C15H12O5. The van der Waals surface area contributed by atoms with Crippen molar-refractivity contribution in [2.45, 2.75) is 0 Å². The summed E-state index contributed by atoms with van der Waals surface area (Å²) in [5.41, 5.74) is 1.40. The average Bonchev–Trinajstić information content (AvgIpc) is 2.46. The molecule has 0 bridgehead atoms. The Labute approximate surface area is 115 Å². The second-order valence-electron chi connectivity index (χ2n) is 4.10. The van der Waals surface area contributed by atoms with E-state index in [4.69, 9.17) is 9.84 Å². The Kier molecular flexibility index (Phi) is 3.70. The number of hydrogen-bond donors (Lipinski definition) is 2. The molecular weight excluding hydrogens is 260 g/mol. The number of methoxy groups -OCH3 is 1. The molecule has 0 atom stereocenters. The molecule has 2 rings (SSSR count). The first-order valence-corrected chi connectivity index (χ1v) is 5.78. The van der Waals surface area contributed by atoms with Gasteiger partial charge in [-0.25, -0.2) is 9.59 Å². The molecule has 5 heteroatoms. The van der Waals surface area contributed by atoms with Crippen LogP contribution in [-0.2, 0) is 0 Å². The van der Waals surface area contributed by atoms with Crippen LogP contribution in [0.1, 0.15) is 20.7 Å². The second kappa shape index (κ2) is 5.44. The Bertz CT molecular complexity index is 658. The van der Waals surface area contributed by atoms with Gasteiger partial charge in [0.05, 0.1) is 18.2 Å². The van der Waals surface area contributed by atoms with Crippen LogP contribution in [0, 0.1) is 0 Å². The number of aromatic carboxylic acids is 2. The molecule has 0 saturated heterocycles. The molecule has 0 spiro atoms. The summed E-state index contributed by atoms with van der Waals surface area (Å²) in [6, 6.07) is 10.8. The fraction of sp³-hybridized carbons (Fsp3) is 0.0667.